The number of hydrogen-bond donors (Lipinski definition) is 2. The fraction of sp³-hybridized carbons (Fsp3) is 0.250. The molecule has 0 radical (unpaired) electrons. The molecular formula is C20H19Cl2NO3. The van der Waals surface area contributed by atoms with E-state index in [1.165, 1.54) is 5.56 Å². The zero-order valence-electron chi connectivity index (χ0n) is 14.3. The number of benzene rings is 2. The van der Waals surface area contributed by atoms with Crippen molar-refractivity contribution in [3.63, 3.8) is 0 Å². The Balaban J connectivity index is 1.89. The summed E-state index contributed by atoms with van der Waals surface area (Å²) in [6.07, 6.45) is 5.16. The molecule has 0 bridgehead atoms. The molecule has 3 aromatic rings. The van der Waals surface area contributed by atoms with Gasteiger partial charge in [0.05, 0.1) is 16.5 Å². The van der Waals surface area contributed by atoms with Crippen molar-refractivity contribution in [2.24, 2.45) is 0 Å². The molecule has 6 heteroatoms. The van der Waals surface area contributed by atoms with Gasteiger partial charge in [0.2, 0.25) is 0 Å². The van der Waals surface area contributed by atoms with Crippen LogP contribution in [0.2, 0.25) is 10.0 Å². The van der Waals surface area contributed by atoms with Gasteiger partial charge in [-0.25, -0.2) is 0 Å². The van der Waals surface area contributed by atoms with Crippen molar-refractivity contribution in [2.75, 3.05) is 0 Å². The molecule has 1 aromatic heterocycles. The van der Waals surface area contributed by atoms with E-state index in [9.17, 15) is 4.79 Å². The molecule has 4 nitrogen and oxygen atoms in total. The molecule has 0 fully saturated rings. The number of hydrogen-bond acceptors (Lipinski definition) is 2. The molecule has 0 atom stereocenters. The summed E-state index contributed by atoms with van der Waals surface area (Å²) < 4.78 is 5.91. The van der Waals surface area contributed by atoms with E-state index in [0.29, 0.717) is 17.1 Å². The Labute approximate surface area is 161 Å². The number of nitrogens with one attached hydrogen (secondary N) is 1. The SMILES string of the molecule is CCCCc1c[nH]c2ccc(Oc3c(Cl)cc(CC(=O)O)cc3Cl)cc12. The summed E-state index contributed by atoms with van der Waals surface area (Å²) in [5.74, 6) is 0.0143. The van der Waals surface area contributed by atoms with Gasteiger partial charge in [0.15, 0.2) is 5.75 Å². The average molecular weight is 392 g/mol. The van der Waals surface area contributed by atoms with Crippen LogP contribution in [0.25, 0.3) is 10.9 Å². The third-order valence-electron chi connectivity index (χ3n) is 4.17. The van der Waals surface area contributed by atoms with Gasteiger partial charge in [0, 0.05) is 17.1 Å². The summed E-state index contributed by atoms with van der Waals surface area (Å²) in [6, 6.07) is 8.91. The fourth-order valence-electron chi connectivity index (χ4n) is 2.90. The highest BCUT2D eigenvalue weighted by atomic mass is 35.5. The number of aryl methyl sites for hydroxylation is 1. The van der Waals surface area contributed by atoms with Crippen molar-refractivity contribution in [3.05, 3.63) is 57.7 Å². The van der Waals surface area contributed by atoms with Crippen LogP contribution >= 0.6 is 23.2 Å². The maximum atomic E-state index is 10.9. The van der Waals surface area contributed by atoms with Gasteiger partial charge in [-0.1, -0.05) is 36.5 Å². The molecule has 3 rings (SSSR count). The molecule has 0 aliphatic heterocycles. The lowest BCUT2D eigenvalue weighted by molar-refractivity contribution is -0.136. The molecule has 0 spiro atoms. The van der Waals surface area contributed by atoms with Gasteiger partial charge in [-0.3, -0.25) is 4.79 Å². The van der Waals surface area contributed by atoms with Gasteiger partial charge in [0.1, 0.15) is 5.75 Å². The van der Waals surface area contributed by atoms with Gasteiger partial charge in [0.25, 0.3) is 0 Å². The third-order valence-corrected chi connectivity index (χ3v) is 4.73. The first-order valence-corrected chi connectivity index (χ1v) is 9.21. The topological polar surface area (TPSA) is 62.3 Å². The van der Waals surface area contributed by atoms with Crippen LogP contribution < -0.4 is 4.74 Å². The van der Waals surface area contributed by atoms with Gasteiger partial charge in [-0.05, 0) is 54.3 Å². The molecule has 2 N–H and O–H groups in total. The number of ether oxygens (including phenoxy) is 1. The Hall–Kier alpha value is -2.17. The van der Waals surface area contributed by atoms with Gasteiger partial charge in [-0.15, -0.1) is 0 Å². The van der Waals surface area contributed by atoms with Gasteiger partial charge < -0.3 is 14.8 Å². The lowest BCUT2D eigenvalue weighted by Gasteiger charge is -2.11. The van der Waals surface area contributed by atoms with Crippen molar-refractivity contribution in [1.29, 1.82) is 0 Å². The monoisotopic (exact) mass is 391 g/mol. The number of aromatic nitrogens is 1. The van der Waals surface area contributed by atoms with E-state index in [1.54, 1.807) is 12.1 Å². The zero-order chi connectivity index (χ0) is 18.7. The first-order valence-electron chi connectivity index (χ1n) is 8.45. The van der Waals surface area contributed by atoms with Crippen molar-refractivity contribution >= 4 is 40.1 Å². The summed E-state index contributed by atoms with van der Waals surface area (Å²) in [7, 11) is 0. The summed E-state index contributed by atoms with van der Waals surface area (Å²) in [6.45, 7) is 2.17. The molecule has 1 heterocycles. The van der Waals surface area contributed by atoms with E-state index in [4.69, 9.17) is 33.0 Å². The number of rotatable bonds is 7. The van der Waals surface area contributed by atoms with E-state index >= 15 is 0 Å². The van der Waals surface area contributed by atoms with Crippen LogP contribution in [0.4, 0.5) is 0 Å². The molecule has 2 aromatic carbocycles. The quantitative estimate of drug-likeness (QED) is 0.501. The first kappa shape index (κ1) is 18.6. The average Bonchev–Trinajstić information content (AvgIpc) is 2.98. The van der Waals surface area contributed by atoms with Crippen molar-refractivity contribution in [3.8, 4) is 11.5 Å². The predicted octanol–water partition coefficient (Wildman–Crippen LogP) is 6.24. The maximum Gasteiger partial charge on any atom is 0.307 e. The highest BCUT2D eigenvalue weighted by molar-refractivity contribution is 6.37. The molecule has 0 unspecified atom stereocenters. The van der Waals surface area contributed by atoms with Crippen LogP contribution in [0.5, 0.6) is 11.5 Å². The second-order valence-electron chi connectivity index (χ2n) is 6.19. The van der Waals surface area contributed by atoms with Crippen LogP contribution in [0.1, 0.15) is 30.9 Å². The maximum absolute atomic E-state index is 10.9. The smallest absolute Gasteiger partial charge is 0.307 e. The van der Waals surface area contributed by atoms with Crippen molar-refractivity contribution < 1.29 is 14.6 Å². The van der Waals surface area contributed by atoms with Gasteiger partial charge in [-0.2, -0.15) is 0 Å². The minimum absolute atomic E-state index is 0.143. The Morgan fingerprint density at radius 2 is 1.92 bits per heavy atom. The van der Waals surface area contributed by atoms with Crippen LogP contribution in [0.15, 0.2) is 36.5 Å². The Morgan fingerprint density at radius 1 is 1.19 bits per heavy atom. The summed E-state index contributed by atoms with van der Waals surface area (Å²) >= 11 is 12.5. The molecular weight excluding hydrogens is 373 g/mol. The molecule has 26 heavy (non-hydrogen) atoms. The number of halogens is 2. The highest BCUT2D eigenvalue weighted by Crippen LogP contribution is 2.38. The number of carboxylic acids is 1. The molecule has 0 amide bonds. The fourth-order valence-corrected chi connectivity index (χ4v) is 3.51. The third kappa shape index (κ3) is 4.14. The summed E-state index contributed by atoms with van der Waals surface area (Å²) in [4.78, 5) is 14.1. The number of aromatic amines is 1. The Morgan fingerprint density at radius 3 is 2.58 bits per heavy atom. The van der Waals surface area contributed by atoms with Crippen molar-refractivity contribution in [2.45, 2.75) is 32.6 Å². The standard InChI is InChI=1S/C20H19Cl2NO3/c1-2-3-4-13-11-23-18-6-5-14(10-15(13)18)26-20-16(21)7-12(8-17(20)22)9-19(24)25/h5-8,10-11,23H,2-4,9H2,1H3,(H,24,25). The van der Waals surface area contributed by atoms with Crippen molar-refractivity contribution in [1.82, 2.24) is 4.98 Å². The Bertz CT molecular complexity index is 926. The van der Waals surface area contributed by atoms with Crippen LogP contribution in [-0.4, -0.2) is 16.1 Å². The summed E-state index contributed by atoms with van der Waals surface area (Å²) in [5, 5.41) is 10.6. The summed E-state index contributed by atoms with van der Waals surface area (Å²) in [5.41, 5.74) is 2.83. The van der Waals surface area contributed by atoms with E-state index in [0.717, 1.165) is 30.2 Å². The second-order valence-corrected chi connectivity index (χ2v) is 7.00. The number of unbranched alkanes of at least 4 members (excludes halogenated alkanes) is 1. The Kier molecular flexibility index (Phi) is 5.74. The van der Waals surface area contributed by atoms with E-state index in [-0.39, 0.29) is 16.5 Å². The molecule has 136 valence electrons. The van der Waals surface area contributed by atoms with Crippen LogP contribution in [-0.2, 0) is 17.6 Å². The van der Waals surface area contributed by atoms with E-state index in [1.807, 2.05) is 24.4 Å². The highest BCUT2D eigenvalue weighted by Gasteiger charge is 2.13. The lowest BCUT2D eigenvalue weighted by Crippen LogP contribution is -2.00. The van der Waals surface area contributed by atoms with Crippen LogP contribution in [0, 0.1) is 0 Å². The molecule has 0 saturated heterocycles. The number of carboxylic acid groups (broad SMARTS) is 1. The van der Waals surface area contributed by atoms with Gasteiger partial charge >= 0.3 is 5.97 Å². The van der Waals surface area contributed by atoms with E-state index < -0.39 is 5.97 Å². The van der Waals surface area contributed by atoms with E-state index in [2.05, 4.69) is 11.9 Å². The minimum Gasteiger partial charge on any atom is -0.481 e. The number of aliphatic carboxylic acids is 1. The molecule has 0 saturated carbocycles. The number of fused-ring (bicyclic) bond motifs is 1. The predicted molar refractivity (Wildman–Crippen MR) is 105 cm³/mol. The lowest BCUT2D eigenvalue weighted by atomic mass is 10.1. The normalized spacial score (nSPS) is 11.0. The largest absolute Gasteiger partial charge is 0.481 e. The zero-order valence-corrected chi connectivity index (χ0v) is 15.8. The minimum atomic E-state index is -0.941. The number of H-pyrrole nitrogens is 1. The molecule has 0 aliphatic carbocycles. The number of carbonyl (C=O) groups is 1. The molecule has 0 aliphatic rings. The van der Waals surface area contributed by atoms with Crippen LogP contribution in [0.3, 0.4) is 0 Å². The second kappa shape index (κ2) is 8.02. The first-order chi connectivity index (χ1) is 12.5.